The molecule has 1 aliphatic heterocycles. The zero-order chi connectivity index (χ0) is 18.0. The van der Waals surface area contributed by atoms with Crippen LogP contribution in [0.1, 0.15) is 38.2 Å². The molecule has 0 fully saturated rings. The van der Waals surface area contributed by atoms with Crippen LogP contribution in [-0.2, 0) is 4.79 Å². The molecule has 0 aliphatic carbocycles. The maximum absolute atomic E-state index is 10.6. The zero-order valence-electron chi connectivity index (χ0n) is 15.2. The van der Waals surface area contributed by atoms with Gasteiger partial charge in [-0.3, -0.25) is 9.28 Å². The molecule has 0 bridgehead atoms. The molecule has 0 spiro atoms. The Labute approximate surface area is 148 Å². The van der Waals surface area contributed by atoms with E-state index in [1.807, 2.05) is 6.07 Å². The summed E-state index contributed by atoms with van der Waals surface area (Å²) in [5.41, 5.74) is 3.86. The van der Waals surface area contributed by atoms with E-state index in [1.165, 1.54) is 22.3 Å². The molecule has 0 unspecified atom stereocenters. The van der Waals surface area contributed by atoms with Gasteiger partial charge in [0, 0.05) is 36.4 Å². The number of rotatable bonds is 7. The number of quaternary nitrogens is 1. The minimum atomic E-state index is -0.728. The van der Waals surface area contributed by atoms with Crippen molar-refractivity contribution in [1.29, 1.82) is 0 Å². The number of hydrogen-bond donors (Lipinski definition) is 1. The Hall–Kier alpha value is -2.33. The first-order chi connectivity index (χ1) is 11.9. The number of nitrogens with zero attached hydrogens (tertiary/aromatic N) is 1. The number of unbranched alkanes of at least 4 members (excludes halogenated alkanes) is 2. The van der Waals surface area contributed by atoms with Gasteiger partial charge in [-0.15, -0.1) is 0 Å². The highest BCUT2D eigenvalue weighted by atomic mass is 16.5. The zero-order valence-corrected chi connectivity index (χ0v) is 15.2. The van der Waals surface area contributed by atoms with Crippen molar-refractivity contribution in [1.82, 2.24) is 4.48 Å². The van der Waals surface area contributed by atoms with E-state index >= 15 is 0 Å². The summed E-state index contributed by atoms with van der Waals surface area (Å²) in [6.45, 7) is 2.78. The Morgan fingerprint density at radius 3 is 2.56 bits per heavy atom. The van der Waals surface area contributed by atoms with Crippen LogP contribution in [0, 0.1) is 0 Å². The van der Waals surface area contributed by atoms with Gasteiger partial charge >= 0.3 is 5.97 Å². The van der Waals surface area contributed by atoms with Crippen molar-refractivity contribution < 1.29 is 14.6 Å². The fourth-order valence-electron chi connectivity index (χ4n) is 3.38. The van der Waals surface area contributed by atoms with Crippen molar-refractivity contribution in [2.24, 2.45) is 0 Å². The number of ether oxygens (including phenoxy) is 1. The van der Waals surface area contributed by atoms with E-state index in [9.17, 15) is 4.79 Å². The van der Waals surface area contributed by atoms with Crippen LogP contribution in [0.15, 0.2) is 36.0 Å². The van der Waals surface area contributed by atoms with Crippen LogP contribution in [-0.4, -0.2) is 31.8 Å². The average Bonchev–Trinajstić information content (AvgIpc) is 2.80. The number of hydrogen-bond acceptors (Lipinski definition) is 2. The third-order valence-electron chi connectivity index (χ3n) is 5.16. The first-order valence-electron chi connectivity index (χ1n) is 8.85. The Balaban J connectivity index is 1.81. The highest BCUT2D eigenvalue weighted by Crippen LogP contribution is 2.45. The van der Waals surface area contributed by atoms with Crippen molar-refractivity contribution in [3.05, 3.63) is 41.6 Å². The van der Waals surface area contributed by atoms with Gasteiger partial charge in [-0.25, -0.2) is 0 Å². The topological polar surface area (TPSA) is 46.5 Å². The number of fused-ring (bicyclic) bond motifs is 3. The predicted octanol–water partition coefficient (Wildman–Crippen LogP) is 4.80. The number of benzene rings is 2. The van der Waals surface area contributed by atoms with Crippen LogP contribution in [0.2, 0.25) is 0 Å². The number of allylic oxidation sites excluding steroid dienone is 1. The largest absolute Gasteiger partial charge is 0.493 e. The van der Waals surface area contributed by atoms with Crippen molar-refractivity contribution in [3.8, 4) is 5.75 Å². The fourth-order valence-corrected chi connectivity index (χ4v) is 3.38. The van der Waals surface area contributed by atoms with Crippen LogP contribution in [0.5, 0.6) is 5.75 Å². The Morgan fingerprint density at radius 1 is 1.12 bits per heavy atom. The summed E-state index contributed by atoms with van der Waals surface area (Å²) in [6, 6.07) is 10.5. The van der Waals surface area contributed by atoms with Crippen molar-refractivity contribution in [3.63, 3.8) is 0 Å². The van der Waals surface area contributed by atoms with E-state index < -0.39 is 5.97 Å². The Morgan fingerprint density at radius 2 is 1.84 bits per heavy atom. The molecule has 132 valence electrons. The summed E-state index contributed by atoms with van der Waals surface area (Å²) in [5.74, 6) is 0.190. The minimum absolute atomic E-state index is 0.235. The normalized spacial score (nSPS) is 15.1. The summed E-state index contributed by atoms with van der Waals surface area (Å²) in [7, 11) is 4.39. The Kier molecular flexibility index (Phi) is 4.82. The molecule has 0 saturated carbocycles. The molecule has 1 heterocycles. The second-order valence-electron chi connectivity index (χ2n) is 7.15. The lowest BCUT2D eigenvalue weighted by Crippen LogP contribution is -2.35. The maximum Gasteiger partial charge on any atom is 0.303 e. The summed E-state index contributed by atoms with van der Waals surface area (Å²) in [6.07, 6.45) is 4.95. The second kappa shape index (κ2) is 6.89. The molecule has 3 rings (SSSR count). The highest BCUT2D eigenvalue weighted by molar-refractivity contribution is 6.01. The molecule has 0 radical (unpaired) electrons. The fraction of sp³-hybridized carbons (Fsp3) is 0.381. The Bertz CT molecular complexity index is 836. The van der Waals surface area contributed by atoms with Gasteiger partial charge in [-0.2, -0.15) is 0 Å². The smallest absolute Gasteiger partial charge is 0.303 e. The third kappa shape index (κ3) is 3.40. The molecule has 0 aromatic heterocycles. The lowest BCUT2D eigenvalue weighted by atomic mass is 10.0. The van der Waals surface area contributed by atoms with Crippen LogP contribution >= 0.6 is 0 Å². The second-order valence-corrected chi connectivity index (χ2v) is 7.15. The van der Waals surface area contributed by atoms with Crippen LogP contribution < -0.4 is 9.22 Å². The third-order valence-corrected chi connectivity index (χ3v) is 5.16. The van der Waals surface area contributed by atoms with Gasteiger partial charge in [0.1, 0.15) is 17.1 Å². The molecule has 4 heteroatoms. The molecule has 4 nitrogen and oxygen atoms in total. The molecule has 2 aromatic carbocycles. The van der Waals surface area contributed by atoms with Crippen molar-refractivity contribution in [2.45, 2.75) is 32.6 Å². The SMILES string of the molecule is CC1=Cc2c(cc(OCCCCCC(=O)O)c3ccccc23)[N+]1(C)C. The number of carbonyl (C=O) groups is 1. The van der Waals surface area contributed by atoms with Gasteiger partial charge in [-0.05, 0) is 24.6 Å². The van der Waals surface area contributed by atoms with E-state index in [0.717, 1.165) is 28.5 Å². The molecular formula is C21H26NO3+. The molecular weight excluding hydrogens is 314 g/mol. The summed E-state index contributed by atoms with van der Waals surface area (Å²) in [5, 5.41) is 11.1. The number of carboxylic acids is 1. The first-order valence-corrected chi connectivity index (χ1v) is 8.85. The van der Waals surface area contributed by atoms with Gasteiger partial charge < -0.3 is 9.84 Å². The van der Waals surface area contributed by atoms with E-state index in [4.69, 9.17) is 9.84 Å². The van der Waals surface area contributed by atoms with E-state index in [-0.39, 0.29) is 6.42 Å². The summed E-state index contributed by atoms with van der Waals surface area (Å²) < 4.78 is 6.84. The monoisotopic (exact) mass is 340 g/mol. The van der Waals surface area contributed by atoms with Gasteiger partial charge in [0.05, 0.1) is 20.7 Å². The van der Waals surface area contributed by atoms with Crippen LogP contribution in [0.4, 0.5) is 5.69 Å². The minimum Gasteiger partial charge on any atom is -0.493 e. The first kappa shape index (κ1) is 17.5. The lowest BCUT2D eigenvalue weighted by Gasteiger charge is -2.26. The molecule has 1 aliphatic rings. The van der Waals surface area contributed by atoms with E-state index in [2.05, 4.69) is 51.4 Å². The standard InChI is InChI=1S/C21H25NO3/c1-15-13-18-16-9-6-7-10-17(16)20(14-19(18)22(15,2)3)25-12-8-4-5-11-21(23)24/h6-7,9-10,13-14H,4-5,8,11-12H2,1-3H3/p+1. The molecule has 2 aromatic rings. The molecule has 1 N–H and O–H groups in total. The van der Waals surface area contributed by atoms with Crippen molar-refractivity contribution >= 4 is 28.5 Å². The van der Waals surface area contributed by atoms with Gasteiger partial charge in [0.15, 0.2) is 0 Å². The van der Waals surface area contributed by atoms with Gasteiger partial charge in [0.25, 0.3) is 0 Å². The molecule has 0 saturated heterocycles. The van der Waals surface area contributed by atoms with Gasteiger partial charge in [-0.1, -0.05) is 24.3 Å². The molecule has 0 amide bonds. The number of aliphatic carboxylic acids is 1. The van der Waals surface area contributed by atoms with Gasteiger partial charge in [0.2, 0.25) is 0 Å². The van der Waals surface area contributed by atoms with Crippen molar-refractivity contribution in [2.75, 3.05) is 20.7 Å². The van der Waals surface area contributed by atoms with E-state index in [1.54, 1.807) is 0 Å². The van der Waals surface area contributed by atoms with Crippen LogP contribution in [0.25, 0.3) is 16.8 Å². The van der Waals surface area contributed by atoms with Crippen LogP contribution in [0.3, 0.4) is 0 Å². The lowest BCUT2D eigenvalue weighted by molar-refractivity contribution is -0.137. The summed E-state index contributed by atoms with van der Waals surface area (Å²) in [4.78, 5) is 10.6. The quantitative estimate of drug-likeness (QED) is 0.581. The molecule has 25 heavy (non-hydrogen) atoms. The van der Waals surface area contributed by atoms with E-state index in [0.29, 0.717) is 13.0 Å². The summed E-state index contributed by atoms with van der Waals surface area (Å²) >= 11 is 0. The predicted molar refractivity (Wildman–Crippen MR) is 103 cm³/mol. The average molecular weight is 340 g/mol. The molecule has 0 atom stereocenters. The highest BCUT2D eigenvalue weighted by Gasteiger charge is 2.33. The maximum atomic E-state index is 10.6. The number of carboxylic acid groups (broad SMARTS) is 1.